The molecule has 0 fully saturated rings. The van der Waals surface area contributed by atoms with Crippen LogP contribution in [-0.4, -0.2) is 30.3 Å². The van der Waals surface area contributed by atoms with Gasteiger partial charge in [-0.3, -0.25) is 4.90 Å². The Balaban J connectivity index is 2.08. The standard InChI is InChI=1S/C26H29NO2/c1-5-25(20-9-7-6-8-10-20)26(21-11-15-23(28)16-12-21)22-13-17-24(18-14-22)29-19(2)27(3)4/h6-19,28H,5H2,1-4H3. The molecule has 3 aromatic carbocycles. The molecule has 0 radical (unpaired) electrons. The monoisotopic (exact) mass is 387 g/mol. The van der Waals surface area contributed by atoms with Crippen molar-refractivity contribution >= 4 is 11.1 Å². The number of nitrogens with zero attached hydrogens (tertiary/aromatic N) is 1. The first-order chi connectivity index (χ1) is 14.0. The lowest BCUT2D eigenvalue weighted by Gasteiger charge is -2.22. The average Bonchev–Trinajstić information content (AvgIpc) is 2.74. The van der Waals surface area contributed by atoms with Crippen LogP contribution < -0.4 is 4.74 Å². The van der Waals surface area contributed by atoms with Gasteiger partial charge in [0.2, 0.25) is 0 Å². The van der Waals surface area contributed by atoms with E-state index in [0.717, 1.165) is 23.3 Å². The highest BCUT2D eigenvalue weighted by atomic mass is 16.5. The minimum absolute atomic E-state index is 0.00322. The number of ether oxygens (including phenoxy) is 1. The summed E-state index contributed by atoms with van der Waals surface area (Å²) in [5.74, 6) is 1.12. The lowest BCUT2D eigenvalue weighted by Crippen LogP contribution is -2.30. The van der Waals surface area contributed by atoms with E-state index in [1.807, 2.05) is 56.3 Å². The molecular formula is C26H29NO2. The Hall–Kier alpha value is -3.04. The molecule has 0 saturated carbocycles. The third-order valence-corrected chi connectivity index (χ3v) is 5.11. The Bertz CT molecular complexity index is 942. The van der Waals surface area contributed by atoms with Crippen LogP contribution in [0.15, 0.2) is 78.9 Å². The molecular weight excluding hydrogens is 358 g/mol. The second-order valence-electron chi connectivity index (χ2n) is 7.33. The van der Waals surface area contributed by atoms with Crippen molar-refractivity contribution in [3.8, 4) is 11.5 Å². The van der Waals surface area contributed by atoms with E-state index in [1.165, 1.54) is 16.7 Å². The minimum atomic E-state index is 0.00322. The first kappa shape index (κ1) is 20.7. The van der Waals surface area contributed by atoms with Gasteiger partial charge >= 0.3 is 0 Å². The van der Waals surface area contributed by atoms with Gasteiger partial charge in [-0.25, -0.2) is 0 Å². The SMILES string of the molecule is CCC(=C(c1ccc(O)cc1)c1ccc(OC(C)N(C)C)cc1)c1ccccc1. The summed E-state index contributed by atoms with van der Waals surface area (Å²) >= 11 is 0. The van der Waals surface area contributed by atoms with E-state index in [0.29, 0.717) is 0 Å². The summed E-state index contributed by atoms with van der Waals surface area (Å²) in [6.07, 6.45) is 0.902. The smallest absolute Gasteiger partial charge is 0.149 e. The Kier molecular flexibility index (Phi) is 6.73. The molecule has 0 amide bonds. The van der Waals surface area contributed by atoms with Gasteiger partial charge in [-0.1, -0.05) is 61.5 Å². The molecule has 1 N–H and O–H groups in total. The lowest BCUT2D eigenvalue weighted by molar-refractivity contribution is 0.0815. The molecule has 0 bridgehead atoms. The van der Waals surface area contributed by atoms with Crippen molar-refractivity contribution in [3.63, 3.8) is 0 Å². The molecule has 29 heavy (non-hydrogen) atoms. The lowest BCUT2D eigenvalue weighted by atomic mass is 9.88. The van der Waals surface area contributed by atoms with Crippen LogP contribution in [0.25, 0.3) is 11.1 Å². The second-order valence-corrected chi connectivity index (χ2v) is 7.33. The average molecular weight is 388 g/mol. The van der Waals surface area contributed by atoms with Crippen molar-refractivity contribution in [1.82, 2.24) is 4.90 Å². The summed E-state index contributed by atoms with van der Waals surface area (Å²) in [5.41, 5.74) is 5.86. The second kappa shape index (κ2) is 9.44. The summed E-state index contributed by atoms with van der Waals surface area (Å²) in [6, 6.07) is 26.2. The van der Waals surface area contributed by atoms with Crippen LogP contribution in [0.1, 0.15) is 37.0 Å². The predicted molar refractivity (Wildman–Crippen MR) is 121 cm³/mol. The molecule has 0 saturated heterocycles. The third kappa shape index (κ3) is 5.07. The maximum atomic E-state index is 9.75. The van der Waals surface area contributed by atoms with Crippen molar-refractivity contribution in [2.24, 2.45) is 0 Å². The van der Waals surface area contributed by atoms with Gasteiger partial charge in [-0.05, 0) is 79.5 Å². The molecule has 3 aromatic rings. The van der Waals surface area contributed by atoms with Crippen LogP contribution in [0.3, 0.4) is 0 Å². The fourth-order valence-corrected chi connectivity index (χ4v) is 3.31. The summed E-state index contributed by atoms with van der Waals surface area (Å²) in [6.45, 7) is 4.21. The fourth-order valence-electron chi connectivity index (χ4n) is 3.31. The van der Waals surface area contributed by atoms with E-state index < -0.39 is 0 Å². The van der Waals surface area contributed by atoms with Crippen molar-refractivity contribution in [3.05, 3.63) is 95.6 Å². The van der Waals surface area contributed by atoms with Gasteiger partial charge in [-0.15, -0.1) is 0 Å². The van der Waals surface area contributed by atoms with E-state index in [2.05, 4.69) is 43.3 Å². The number of rotatable bonds is 7. The molecule has 150 valence electrons. The zero-order chi connectivity index (χ0) is 20.8. The highest BCUT2D eigenvalue weighted by molar-refractivity contribution is 5.98. The molecule has 0 aliphatic rings. The van der Waals surface area contributed by atoms with Crippen LogP contribution >= 0.6 is 0 Å². The van der Waals surface area contributed by atoms with Crippen LogP contribution in [0.5, 0.6) is 11.5 Å². The molecule has 1 unspecified atom stereocenters. The zero-order valence-electron chi connectivity index (χ0n) is 17.6. The summed E-state index contributed by atoms with van der Waals surface area (Å²) in [5, 5.41) is 9.75. The first-order valence-electron chi connectivity index (χ1n) is 10.0. The van der Waals surface area contributed by atoms with E-state index in [4.69, 9.17) is 4.74 Å². The van der Waals surface area contributed by atoms with E-state index in [-0.39, 0.29) is 12.0 Å². The highest BCUT2D eigenvalue weighted by Crippen LogP contribution is 2.35. The molecule has 3 rings (SSSR count). The number of hydrogen-bond donors (Lipinski definition) is 1. The number of phenolic OH excluding ortho intramolecular Hbond substituents is 1. The molecule has 1 atom stereocenters. The molecule has 3 nitrogen and oxygen atoms in total. The molecule has 3 heteroatoms. The quantitative estimate of drug-likeness (QED) is 0.396. The van der Waals surface area contributed by atoms with Crippen molar-refractivity contribution in [1.29, 1.82) is 0 Å². The Morgan fingerprint density at radius 2 is 1.38 bits per heavy atom. The maximum absolute atomic E-state index is 9.75. The van der Waals surface area contributed by atoms with Crippen LogP contribution in [0, 0.1) is 0 Å². The number of allylic oxidation sites excluding steroid dienone is 1. The van der Waals surface area contributed by atoms with Gasteiger partial charge in [0.1, 0.15) is 17.7 Å². The van der Waals surface area contributed by atoms with Gasteiger partial charge in [0.05, 0.1) is 0 Å². The topological polar surface area (TPSA) is 32.7 Å². The summed E-state index contributed by atoms with van der Waals surface area (Å²) < 4.78 is 5.98. The summed E-state index contributed by atoms with van der Waals surface area (Å²) in [4.78, 5) is 2.03. The molecule has 0 aliphatic heterocycles. The van der Waals surface area contributed by atoms with Gasteiger partial charge in [0.25, 0.3) is 0 Å². The Morgan fingerprint density at radius 1 is 0.828 bits per heavy atom. The number of benzene rings is 3. The number of phenols is 1. The molecule has 0 heterocycles. The van der Waals surface area contributed by atoms with Crippen molar-refractivity contribution in [2.75, 3.05) is 14.1 Å². The molecule has 0 spiro atoms. The fraction of sp³-hybridized carbons (Fsp3) is 0.231. The van der Waals surface area contributed by atoms with E-state index in [9.17, 15) is 5.11 Å². The maximum Gasteiger partial charge on any atom is 0.149 e. The highest BCUT2D eigenvalue weighted by Gasteiger charge is 2.14. The Morgan fingerprint density at radius 3 is 1.90 bits per heavy atom. The minimum Gasteiger partial charge on any atom is -0.508 e. The van der Waals surface area contributed by atoms with Crippen LogP contribution in [0.2, 0.25) is 0 Å². The number of aromatic hydroxyl groups is 1. The largest absolute Gasteiger partial charge is 0.508 e. The normalized spacial score (nSPS) is 13.1. The number of hydrogen-bond acceptors (Lipinski definition) is 3. The van der Waals surface area contributed by atoms with E-state index in [1.54, 1.807) is 12.1 Å². The molecule has 0 aliphatic carbocycles. The van der Waals surface area contributed by atoms with Gasteiger partial charge < -0.3 is 9.84 Å². The first-order valence-corrected chi connectivity index (χ1v) is 10.0. The van der Waals surface area contributed by atoms with Crippen molar-refractivity contribution in [2.45, 2.75) is 26.5 Å². The van der Waals surface area contributed by atoms with Gasteiger partial charge in [0, 0.05) is 0 Å². The molecule has 0 aromatic heterocycles. The van der Waals surface area contributed by atoms with Crippen LogP contribution in [0.4, 0.5) is 0 Å². The summed E-state index contributed by atoms with van der Waals surface area (Å²) in [7, 11) is 4.00. The third-order valence-electron chi connectivity index (χ3n) is 5.11. The van der Waals surface area contributed by atoms with Crippen molar-refractivity contribution < 1.29 is 9.84 Å². The predicted octanol–water partition coefficient (Wildman–Crippen LogP) is 6.05. The zero-order valence-corrected chi connectivity index (χ0v) is 17.6. The van der Waals surface area contributed by atoms with Gasteiger partial charge in [-0.2, -0.15) is 0 Å². The van der Waals surface area contributed by atoms with Gasteiger partial charge in [0.15, 0.2) is 0 Å². The van der Waals surface area contributed by atoms with E-state index >= 15 is 0 Å². The van der Waals surface area contributed by atoms with Crippen LogP contribution in [-0.2, 0) is 0 Å². The Labute approximate surface area is 173 Å².